The zero-order valence-corrected chi connectivity index (χ0v) is 11.4. The fourth-order valence-electron chi connectivity index (χ4n) is 2.54. The van der Waals surface area contributed by atoms with Gasteiger partial charge in [0, 0.05) is 12.2 Å². The highest BCUT2D eigenvalue weighted by Gasteiger charge is 2.30. The number of hydrogen-bond donors (Lipinski definition) is 1. The molecule has 3 heteroatoms. The van der Waals surface area contributed by atoms with Crippen LogP contribution in [0.1, 0.15) is 30.1 Å². The number of rotatable bonds is 3. The number of esters is 1. The maximum Gasteiger partial charge on any atom is 0.315 e. The molecule has 0 fully saturated rings. The molecule has 20 heavy (non-hydrogen) atoms. The van der Waals surface area contributed by atoms with Crippen LogP contribution in [0.3, 0.4) is 0 Å². The smallest absolute Gasteiger partial charge is 0.315 e. The second-order valence-electron chi connectivity index (χ2n) is 5.01. The lowest BCUT2D eigenvalue weighted by Gasteiger charge is -2.16. The topological polar surface area (TPSA) is 38.3 Å². The Balaban J connectivity index is 1.72. The highest BCUT2D eigenvalue weighted by atomic mass is 16.5. The standard InChI is InChI=1S/C17H17NO2/c1-12(13-7-3-2-4-8-13)20-17(19)15-11-18-16-10-6-5-9-14(15)16/h2-10,12,15,18H,11H2,1H3. The lowest BCUT2D eigenvalue weighted by molar-refractivity contribution is -0.150. The minimum atomic E-state index is -0.225. The summed E-state index contributed by atoms with van der Waals surface area (Å²) in [5.41, 5.74) is 3.07. The number of para-hydroxylation sites is 1. The van der Waals surface area contributed by atoms with E-state index < -0.39 is 0 Å². The largest absolute Gasteiger partial charge is 0.457 e. The zero-order valence-electron chi connectivity index (χ0n) is 11.4. The van der Waals surface area contributed by atoms with Crippen molar-refractivity contribution in [3.63, 3.8) is 0 Å². The number of nitrogens with one attached hydrogen (secondary N) is 1. The Morgan fingerprint density at radius 3 is 2.65 bits per heavy atom. The van der Waals surface area contributed by atoms with Gasteiger partial charge in [0.25, 0.3) is 0 Å². The molecule has 102 valence electrons. The molecule has 0 saturated carbocycles. The lowest BCUT2D eigenvalue weighted by atomic mass is 10.0. The third-order valence-corrected chi connectivity index (χ3v) is 3.68. The maximum absolute atomic E-state index is 12.3. The van der Waals surface area contributed by atoms with Crippen LogP contribution < -0.4 is 5.32 Å². The third kappa shape index (κ3) is 2.39. The van der Waals surface area contributed by atoms with Crippen LogP contribution in [0.25, 0.3) is 0 Å². The molecule has 3 rings (SSSR count). The first kappa shape index (κ1) is 12.7. The predicted molar refractivity (Wildman–Crippen MR) is 78.6 cm³/mol. The monoisotopic (exact) mass is 267 g/mol. The Kier molecular flexibility index (Phi) is 3.42. The van der Waals surface area contributed by atoms with Crippen molar-refractivity contribution in [2.75, 3.05) is 11.9 Å². The number of fused-ring (bicyclic) bond motifs is 1. The van der Waals surface area contributed by atoms with Gasteiger partial charge in [-0.3, -0.25) is 4.79 Å². The Labute approximate surface area is 118 Å². The van der Waals surface area contributed by atoms with Crippen LogP contribution in [0, 0.1) is 0 Å². The van der Waals surface area contributed by atoms with Gasteiger partial charge in [0.05, 0.1) is 0 Å². The molecular weight excluding hydrogens is 250 g/mol. The SMILES string of the molecule is CC(OC(=O)C1CNc2ccccc21)c1ccccc1. The number of hydrogen-bond acceptors (Lipinski definition) is 3. The first-order chi connectivity index (χ1) is 9.75. The number of carbonyl (C=O) groups is 1. The molecule has 1 aliphatic rings. The van der Waals surface area contributed by atoms with E-state index in [1.165, 1.54) is 0 Å². The van der Waals surface area contributed by atoms with Gasteiger partial charge in [-0.05, 0) is 24.1 Å². The first-order valence-corrected chi connectivity index (χ1v) is 6.84. The van der Waals surface area contributed by atoms with Crippen LogP contribution in [-0.4, -0.2) is 12.5 Å². The molecule has 1 N–H and O–H groups in total. The van der Waals surface area contributed by atoms with Crippen LogP contribution in [0.2, 0.25) is 0 Å². The third-order valence-electron chi connectivity index (χ3n) is 3.68. The number of ether oxygens (including phenoxy) is 1. The zero-order chi connectivity index (χ0) is 13.9. The molecule has 2 atom stereocenters. The van der Waals surface area contributed by atoms with Crippen molar-refractivity contribution in [1.29, 1.82) is 0 Å². The van der Waals surface area contributed by atoms with Crippen molar-refractivity contribution in [1.82, 2.24) is 0 Å². The molecule has 2 aromatic carbocycles. The fraction of sp³-hybridized carbons (Fsp3) is 0.235. The van der Waals surface area contributed by atoms with E-state index in [9.17, 15) is 4.79 Å². The van der Waals surface area contributed by atoms with Crippen LogP contribution in [0.5, 0.6) is 0 Å². The number of carbonyl (C=O) groups excluding carboxylic acids is 1. The average molecular weight is 267 g/mol. The first-order valence-electron chi connectivity index (χ1n) is 6.84. The van der Waals surface area contributed by atoms with E-state index in [0.29, 0.717) is 6.54 Å². The normalized spacial score (nSPS) is 17.9. The summed E-state index contributed by atoms with van der Waals surface area (Å²) >= 11 is 0. The fourth-order valence-corrected chi connectivity index (χ4v) is 2.54. The Hall–Kier alpha value is -2.29. The van der Waals surface area contributed by atoms with Gasteiger partial charge in [-0.15, -0.1) is 0 Å². The Morgan fingerprint density at radius 2 is 1.85 bits per heavy atom. The van der Waals surface area contributed by atoms with E-state index in [1.54, 1.807) is 0 Å². The van der Waals surface area contributed by atoms with E-state index in [-0.39, 0.29) is 18.0 Å². The molecular formula is C17H17NO2. The highest BCUT2D eigenvalue weighted by Crippen LogP contribution is 2.33. The summed E-state index contributed by atoms with van der Waals surface area (Å²) in [4.78, 5) is 12.3. The van der Waals surface area contributed by atoms with E-state index in [0.717, 1.165) is 16.8 Å². The van der Waals surface area contributed by atoms with Gasteiger partial charge < -0.3 is 10.1 Å². The summed E-state index contributed by atoms with van der Waals surface area (Å²) in [7, 11) is 0. The predicted octanol–water partition coefficient (Wildman–Crippen LogP) is 3.50. The molecule has 0 radical (unpaired) electrons. The molecule has 0 bridgehead atoms. The van der Waals surface area contributed by atoms with E-state index in [4.69, 9.17) is 4.74 Å². The Bertz CT molecular complexity index is 609. The summed E-state index contributed by atoms with van der Waals surface area (Å²) in [5, 5.41) is 3.24. The molecule has 1 aliphatic heterocycles. The van der Waals surface area contributed by atoms with Crippen molar-refractivity contribution in [3.8, 4) is 0 Å². The molecule has 3 nitrogen and oxygen atoms in total. The molecule has 0 saturated heterocycles. The highest BCUT2D eigenvalue weighted by molar-refractivity contribution is 5.84. The van der Waals surface area contributed by atoms with Crippen LogP contribution in [0.15, 0.2) is 54.6 Å². The van der Waals surface area contributed by atoms with E-state index in [2.05, 4.69) is 5.32 Å². The van der Waals surface area contributed by atoms with Gasteiger partial charge in [0.15, 0.2) is 0 Å². The minimum absolute atomic E-state index is 0.168. The number of anilines is 1. The summed E-state index contributed by atoms with van der Waals surface area (Å²) in [6, 6.07) is 17.7. The van der Waals surface area contributed by atoms with Crippen molar-refractivity contribution in [3.05, 3.63) is 65.7 Å². The van der Waals surface area contributed by atoms with Crippen LogP contribution in [0.4, 0.5) is 5.69 Å². The lowest BCUT2D eigenvalue weighted by Crippen LogP contribution is -2.19. The van der Waals surface area contributed by atoms with Gasteiger partial charge in [0.2, 0.25) is 0 Å². The second kappa shape index (κ2) is 5.37. The molecule has 0 aliphatic carbocycles. The van der Waals surface area contributed by atoms with Gasteiger partial charge in [-0.25, -0.2) is 0 Å². The van der Waals surface area contributed by atoms with Crippen molar-refractivity contribution in [2.24, 2.45) is 0 Å². The van der Waals surface area contributed by atoms with E-state index >= 15 is 0 Å². The summed E-state index contributed by atoms with van der Waals surface area (Å²) in [5.74, 6) is -0.379. The van der Waals surface area contributed by atoms with Crippen molar-refractivity contribution < 1.29 is 9.53 Å². The van der Waals surface area contributed by atoms with Crippen molar-refractivity contribution >= 4 is 11.7 Å². The second-order valence-corrected chi connectivity index (χ2v) is 5.01. The molecule has 2 aromatic rings. The summed E-state index contributed by atoms with van der Waals surface area (Å²) < 4.78 is 5.60. The van der Waals surface area contributed by atoms with E-state index in [1.807, 2.05) is 61.5 Å². The van der Waals surface area contributed by atoms with Gasteiger partial charge in [0.1, 0.15) is 12.0 Å². The minimum Gasteiger partial charge on any atom is -0.457 e. The van der Waals surface area contributed by atoms with Crippen LogP contribution >= 0.6 is 0 Å². The summed E-state index contributed by atoms with van der Waals surface area (Å²) in [6.07, 6.45) is -0.225. The maximum atomic E-state index is 12.3. The summed E-state index contributed by atoms with van der Waals surface area (Å²) in [6.45, 7) is 2.52. The molecule has 0 amide bonds. The van der Waals surface area contributed by atoms with Crippen LogP contribution in [-0.2, 0) is 9.53 Å². The van der Waals surface area contributed by atoms with Gasteiger partial charge in [-0.2, -0.15) is 0 Å². The average Bonchev–Trinajstić information content (AvgIpc) is 2.92. The van der Waals surface area contributed by atoms with Crippen molar-refractivity contribution in [2.45, 2.75) is 18.9 Å². The molecule has 2 unspecified atom stereocenters. The molecule has 1 heterocycles. The Morgan fingerprint density at radius 1 is 1.15 bits per heavy atom. The molecule has 0 spiro atoms. The van der Waals surface area contributed by atoms with Gasteiger partial charge in [-0.1, -0.05) is 48.5 Å². The quantitative estimate of drug-likeness (QED) is 0.865. The number of benzene rings is 2. The van der Waals surface area contributed by atoms with Gasteiger partial charge >= 0.3 is 5.97 Å². The molecule has 0 aromatic heterocycles.